The lowest BCUT2D eigenvalue weighted by molar-refractivity contribution is 0.257. The smallest absolute Gasteiger partial charge is 0.241 e. The predicted molar refractivity (Wildman–Crippen MR) is 92.6 cm³/mol. The lowest BCUT2D eigenvalue weighted by atomic mass is 10.3. The molecule has 25 heavy (non-hydrogen) atoms. The van der Waals surface area contributed by atoms with Crippen LogP contribution >= 0.6 is 0 Å². The molecule has 0 radical (unpaired) electrons. The maximum atomic E-state index is 5.37. The summed E-state index contributed by atoms with van der Waals surface area (Å²) in [6, 6.07) is 9.77. The molecule has 126 valence electrons. The highest BCUT2D eigenvalue weighted by molar-refractivity contribution is 5.51. The van der Waals surface area contributed by atoms with Crippen LogP contribution in [0, 0.1) is 6.92 Å². The molecule has 0 aliphatic rings. The van der Waals surface area contributed by atoms with E-state index in [-0.39, 0.29) is 0 Å². The molecular weight excluding hydrogens is 316 g/mol. The molecule has 0 saturated carbocycles. The third-order valence-electron chi connectivity index (χ3n) is 4.04. The minimum Gasteiger partial charge on any atom is -0.338 e. The summed E-state index contributed by atoms with van der Waals surface area (Å²) in [5.74, 6) is 1.13. The van der Waals surface area contributed by atoms with Gasteiger partial charge in [0.15, 0.2) is 0 Å². The number of hydrogen-bond donors (Lipinski definition) is 0. The zero-order chi connectivity index (χ0) is 17.2. The maximum absolute atomic E-state index is 5.37. The molecule has 0 aromatic carbocycles. The van der Waals surface area contributed by atoms with E-state index in [9.17, 15) is 0 Å². The van der Waals surface area contributed by atoms with E-state index >= 15 is 0 Å². The molecule has 0 aliphatic carbocycles. The van der Waals surface area contributed by atoms with Crippen LogP contribution in [0.5, 0.6) is 0 Å². The third-order valence-corrected chi connectivity index (χ3v) is 4.04. The van der Waals surface area contributed by atoms with Crippen LogP contribution in [0.1, 0.15) is 17.3 Å². The minimum absolute atomic E-state index is 0.558. The van der Waals surface area contributed by atoms with Crippen molar-refractivity contribution in [3.05, 3.63) is 66.2 Å². The van der Waals surface area contributed by atoms with Crippen molar-refractivity contribution in [1.82, 2.24) is 29.4 Å². The van der Waals surface area contributed by atoms with Crippen LogP contribution in [0.15, 0.2) is 53.4 Å². The van der Waals surface area contributed by atoms with Gasteiger partial charge in [0.2, 0.25) is 11.7 Å². The Balaban J connectivity index is 1.50. The lowest BCUT2D eigenvalue weighted by Gasteiger charge is -2.14. The number of nitrogens with zero attached hydrogens (tertiary/aromatic N) is 6. The van der Waals surface area contributed by atoms with Crippen molar-refractivity contribution in [3.8, 4) is 11.4 Å². The SMILES string of the molecule is Cc1nc2ccccn2c1CN(C)Cc1nc(-c2cccnc2)no1. The molecule has 0 atom stereocenters. The van der Waals surface area contributed by atoms with E-state index < -0.39 is 0 Å². The number of aryl methyl sites for hydroxylation is 1. The van der Waals surface area contributed by atoms with Crippen molar-refractivity contribution >= 4 is 5.65 Å². The van der Waals surface area contributed by atoms with E-state index in [0.29, 0.717) is 18.3 Å². The molecule has 4 rings (SSSR count). The van der Waals surface area contributed by atoms with Crippen molar-refractivity contribution in [2.75, 3.05) is 7.05 Å². The molecule has 0 bridgehead atoms. The van der Waals surface area contributed by atoms with E-state index in [1.807, 2.05) is 50.5 Å². The zero-order valence-corrected chi connectivity index (χ0v) is 14.1. The Labute approximate surface area is 145 Å². The highest BCUT2D eigenvalue weighted by Crippen LogP contribution is 2.17. The van der Waals surface area contributed by atoms with Gasteiger partial charge in [-0.1, -0.05) is 11.2 Å². The van der Waals surface area contributed by atoms with Crippen molar-refractivity contribution in [3.63, 3.8) is 0 Å². The fourth-order valence-corrected chi connectivity index (χ4v) is 2.83. The first-order valence-electron chi connectivity index (χ1n) is 8.05. The van der Waals surface area contributed by atoms with E-state index in [0.717, 1.165) is 29.1 Å². The predicted octanol–water partition coefficient (Wildman–Crippen LogP) is 2.72. The standard InChI is InChI=1S/C18H18N6O/c1-13-15(24-9-4-3-7-16(24)20-13)11-23(2)12-17-21-18(22-25-17)14-6-5-8-19-10-14/h3-10H,11-12H2,1-2H3. The second-order valence-corrected chi connectivity index (χ2v) is 6.00. The molecule has 7 nitrogen and oxygen atoms in total. The van der Waals surface area contributed by atoms with Crippen molar-refractivity contribution in [2.45, 2.75) is 20.0 Å². The molecule has 0 fully saturated rings. The summed E-state index contributed by atoms with van der Waals surface area (Å²) in [7, 11) is 2.02. The molecule has 7 heteroatoms. The Bertz CT molecular complexity index is 991. The number of fused-ring (bicyclic) bond motifs is 1. The Hall–Kier alpha value is -3.06. The average Bonchev–Trinajstić information content (AvgIpc) is 3.21. The van der Waals surface area contributed by atoms with Crippen molar-refractivity contribution < 1.29 is 4.52 Å². The summed E-state index contributed by atoms with van der Waals surface area (Å²) in [5.41, 5.74) is 3.99. The molecule has 0 aliphatic heterocycles. The molecule has 0 amide bonds. The second kappa shape index (κ2) is 6.45. The van der Waals surface area contributed by atoms with Crippen LogP contribution in [0.2, 0.25) is 0 Å². The molecular formula is C18H18N6O. The van der Waals surface area contributed by atoms with Crippen LogP contribution in [-0.2, 0) is 13.1 Å². The third kappa shape index (κ3) is 3.14. The molecule has 4 aromatic rings. The average molecular weight is 334 g/mol. The zero-order valence-electron chi connectivity index (χ0n) is 14.1. The van der Waals surface area contributed by atoms with Gasteiger partial charge in [-0.25, -0.2) is 4.98 Å². The van der Waals surface area contributed by atoms with E-state index in [1.165, 1.54) is 0 Å². The van der Waals surface area contributed by atoms with Crippen LogP contribution in [0.25, 0.3) is 17.0 Å². The number of pyridine rings is 2. The summed E-state index contributed by atoms with van der Waals surface area (Å²) < 4.78 is 7.49. The summed E-state index contributed by atoms with van der Waals surface area (Å²) in [6.45, 7) is 3.33. The highest BCUT2D eigenvalue weighted by atomic mass is 16.5. The summed E-state index contributed by atoms with van der Waals surface area (Å²) in [6.07, 6.45) is 5.47. The molecule has 0 spiro atoms. The normalized spacial score (nSPS) is 11.5. The van der Waals surface area contributed by atoms with E-state index in [2.05, 4.69) is 29.4 Å². The van der Waals surface area contributed by atoms with Crippen LogP contribution in [0.4, 0.5) is 0 Å². The van der Waals surface area contributed by atoms with E-state index in [4.69, 9.17) is 4.52 Å². The molecule has 0 saturated heterocycles. The first-order chi connectivity index (χ1) is 12.2. The largest absolute Gasteiger partial charge is 0.338 e. The van der Waals surface area contributed by atoms with Gasteiger partial charge in [0.25, 0.3) is 0 Å². The summed E-state index contributed by atoms with van der Waals surface area (Å²) in [4.78, 5) is 15.3. The highest BCUT2D eigenvalue weighted by Gasteiger charge is 2.14. The van der Waals surface area contributed by atoms with Gasteiger partial charge < -0.3 is 8.92 Å². The molecule has 0 unspecified atom stereocenters. The lowest BCUT2D eigenvalue weighted by Crippen LogP contribution is -2.19. The second-order valence-electron chi connectivity index (χ2n) is 6.00. The van der Waals surface area contributed by atoms with Gasteiger partial charge in [-0.15, -0.1) is 0 Å². The van der Waals surface area contributed by atoms with Crippen molar-refractivity contribution in [1.29, 1.82) is 0 Å². The topological polar surface area (TPSA) is 72.3 Å². The van der Waals surface area contributed by atoms with Gasteiger partial charge in [0.05, 0.1) is 17.9 Å². The Morgan fingerprint density at radius 3 is 2.88 bits per heavy atom. The van der Waals surface area contributed by atoms with Crippen LogP contribution in [0.3, 0.4) is 0 Å². The van der Waals surface area contributed by atoms with Gasteiger partial charge in [-0.05, 0) is 38.2 Å². The minimum atomic E-state index is 0.558. The Morgan fingerprint density at radius 2 is 2.04 bits per heavy atom. The molecule has 0 N–H and O–H groups in total. The summed E-state index contributed by atoms with van der Waals surface area (Å²) >= 11 is 0. The Morgan fingerprint density at radius 1 is 1.12 bits per heavy atom. The van der Waals surface area contributed by atoms with Gasteiger partial charge in [0.1, 0.15) is 5.65 Å². The van der Waals surface area contributed by atoms with Gasteiger partial charge in [-0.2, -0.15) is 4.98 Å². The fraction of sp³-hybridized carbons (Fsp3) is 0.222. The first kappa shape index (κ1) is 15.5. The van der Waals surface area contributed by atoms with Gasteiger partial charge in [0, 0.05) is 30.7 Å². The Kier molecular flexibility index (Phi) is 3.99. The maximum Gasteiger partial charge on any atom is 0.241 e. The first-order valence-corrected chi connectivity index (χ1v) is 8.05. The van der Waals surface area contributed by atoms with Crippen LogP contribution in [-0.4, -0.2) is 36.5 Å². The fourth-order valence-electron chi connectivity index (χ4n) is 2.83. The number of imidazole rings is 1. The van der Waals surface area contributed by atoms with Gasteiger partial charge in [-0.3, -0.25) is 9.88 Å². The molecule has 4 aromatic heterocycles. The number of aromatic nitrogens is 5. The number of rotatable bonds is 5. The number of hydrogen-bond acceptors (Lipinski definition) is 6. The monoisotopic (exact) mass is 334 g/mol. The van der Waals surface area contributed by atoms with Crippen molar-refractivity contribution in [2.24, 2.45) is 0 Å². The molecule has 4 heterocycles. The summed E-state index contributed by atoms with van der Waals surface area (Å²) in [5, 5.41) is 4.03. The van der Waals surface area contributed by atoms with Crippen LogP contribution < -0.4 is 0 Å². The quantitative estimate of drug-likeness (QED) is 0.559. The van der Waals surface area contributed by atoms with E-state index in [1.54, 1.807) is 12.4 Å². The van der Waals surface area contributed by atoms with Gasteiger partial charge >= 0.3 is 0 Å².